The molecule has 0 aliphatic carbocycles. The van der Waals surface area contributed by atoms with Crippen LogP contribution in [0.5, 0.6) is 5.75 Å². The highest BCUT2D eigenvalue weighted by molar-refractivity contribution is 7.92. The molecule has 32 heavy (non-hydrogen) atoms. The summed E-state index contributed by atoms with van der Waals surface area (Å²) in [4.78, 5) is 11.6. The van der Waals surface area contributed by atoms with E-state index >= 15 is 0 Å². The van der Waals surface area contributed by atoms with Gasteiger partial charge in [-0.1, -0.05) is 25.1 Å². The summed E-state index contributed by atoms with van der Waals surface area (Å²) in [5.74, 6) is -0.549. The van der Waals surface area contributed by atoms with Gasteiger partial charge in [-0.25, -0.2) is 17.6 Å². The zero-order chi connectivity index (χ0) is 23.5. The summed E-state index contributed by atoms with van der Waals surface area (Å²) in [5, 5.41) is 3.96. The van der Waals surface area contributed by atoms with E-state index in [1.165, 1.54) is 19.2 Å². The van der Waals surface area contributed by atoms with Crippen molar-refractivity contribution in [1.82, 2.24) is 5.16 Å². The number of rotatable bonds is 8. The number of nitrogens with zero attached hydrogens (tertiary/aromatic N) is 1. The Kier molecular flexibility index (Phi) is 6.83. The lowest BCUT2D eigenvalue weighted by atomic mass is 10.1. The number of carbonyl (C=O) groups is 1. The summed E-state index contributed by atoms with van der Waals surface area (Å²) in [6.07, 6.45) is 1.05. The standard InChI is InChI=1S/C22H23FN2O6S/c1-13(2)12-30-20-8-6-15(10-19(20)25-32(4,27)28)21-11-18(24-31-21)14-5-7-16(17(23)9-14)22(26)29-3/h5-11,13,25H,12H2,1-4H3. The van der Waals surface area contributed by atoms with E-state index in [0.29, 0.717) is 34.9 Å². The molecule has 2 aromatic carbocycles. The Morgan fingerprint density at radius 2 is 1.88 bits per heavy atom. The molecule has 0 radical (unpaired) electrons. The van der Waals surface area contributed by atoms with Crippen LogP contribution in [0.1, 0.15) is 24.2 Å². The number of anilines is 1. The van der Waals surface area contributed by atoms with Crippen LogP contribution in [0.4, 0.5) is 10.1 Å². The Labute approximate surface area is 185 Å². The number of sulfonamides is 1. The number of nitrogens with one attached hydrogen (secondary N) is 1. The van der Waals surface area contributed by atoms with E-state index in [0.717, 1.165) is 12.3 Å². The van der Waals surface area contributed by atoms with Crippen molar-refractivity contribution in [2.24, 2.45) is 5.92 Å². The summed E-state index contributed by atoms with van der Waals surface area (Å²) in [6, 6.07) is 10.5. The van der Waals surface area contributed by atoms with Crippen LogP contribution < -0.4 is 9.46 Å². The van der Waals surface area contributed by atoms with Gasteiger partial charge in [0.2, 0.25) is 10.0 Å². The highest BCUT2D eigenvalue weighted by atomic mass is 32.2. The molecule has 0 atom stereocenters. The van der Waals surface area contributed by atoms with E-state index in [2.05, 4.69) is 14.6 Å². The summed E-state index contributed by atoms with van der Waals surface area (Å²) >= 11 is 0. The minimum atomic E-state index is -3.55. The van der Waals surface area contributed by atoms with Gasteiger partial charge in [-0.2, -0.15) is 0 Å². The van der Waals surface area contributed by atoms with E-state index < -0.39 is 21.8 Å². The van der Waals surface area contributed by atoms with Gasteiger partial charge in [0.05, 0.1) is 31.2 Å². The average molecular weight is 462 g/mol. The molecule has 3 rings (SSSR count). The van der Waals surface area contributed by atoms with Crippen molar-refractivity contribution in [3.8, 4) is 28.3 Å². The number of ether oxygens (including phenoxy) is 2. The van der Waals surface area contributed by atoms with E-state index in [-0.39, 0.29) is 17.2 Å². The molecule has 0 unspecified atom stereocenters. The van der Waals surface area contributed by atoms with E-state index in [4.69, 9.17) is 9.26 Å². The van der Waals surface area contributed by atoms with Crippen molar-refractivity contribution in [2.45, 2.75) is 13.8 Å². The van der Waals surface area contributed by atoms with Crippen molar-refractivity contribution in [1.29, 1.82) is 0 Å². The van der Waals surface area contributed by atoms with E-state index in [1.54, 1.807) is 24.3 Å². The maximum atomic E-state index is 14.2. The molecule has 1 heterocycles. The Bertz CT molecular complexity index is 1240. The molecule has 0 saturated carbocycles. The van der Waals surface area contributed by atoms with Gasteiger partial charge in [-0.3, -0.25) is 4.72 Å². The Morgan fingerprint density at radius 1 is 1.16 bits per heavy atom. The lowest BCUT2D eigenvalue weighted by Gasteiger charge is -2.14. The first-order valence-corrected chi connectivity index (χ1v) is 11.6. The first kappa shape index (κ1) is 23.3. The molecule has 1 N–H and O–H groups in total. The summed E-state index contributed by atoms with van der Waals surface area (Å²) in [7, 11) is -2.38. The fraction of sp³-hybridized carbons (Fsp3) is 0.273. The molecule has 0 amide bonds. The maximum absolute atomic E-state index is 14.2. The van der Waals surface area contributed by atoms with Gasteiger partial charge in [0.1, 0.15) is 17.3 Å². The first-order valence-electron chi connectivity index (χ1n) is 9.67. The van der Waals surface area contributed by atoms with E-state index in [9.17, 15) is 17.6 Å². The van der Waals surface area contributed by atoms with Crippen molar-refractivity contribution in [3.05, 3.63) is 53.8 Å². The number of hydrogen-bond acceptors (Lipinski definition) is 7. The third-order valence-corrected chi connectivity index (χ3v) is 4.90. The van der Waals surface area contributed by atoms with Crippen LogP contribution >= 0.6 is 0 Å². The normalized spacial score (nSPS) is 11.4. The number of aromatic nitrogens is 1. The molecular weight excluding hydrogens is 439 g/mol. The zero-order valence-electron chi connectivity index (χ0n) is 18.0. The molecular formula is C22H23FN2O6S. The minimum absolute atomic E-state index is 0.187. The van der Waals surface area contributed by atoms with Gasteiger partial charge in [-0.05, 0) is 36.2 Å². The predicted octanol–water partition coefficient (Wildman–Crippen LogP) is 4.34. The molecule has 1 aromatic heterocycles. The average Bonchev–Trinajstić information content (AvgIpc) is 3.21. The highest BCUT2D eigenvalue weighted by Crippen LogP contribution is 2.33. The van der Waals surface area contributed by atoms with Gasteiger partial charge in [0.15, 0.2) is 5.76 Å². The first-order chi connectivity index (χ1) is 15.1. The highest BCUT2D eigenvalue weighted by Gasteiger charge is 2.17. The van der Waals surface area contributed by atoms with Gasteiger partial charge in [0, 0.05) is 17.2 Å². The largest absolute Gasteiger partial charge is 0.491 e. The van der Waals surface area contributed by atoms with Gasteiger partial charge >= 0.3 is 5.97 Å². The van der Waals surface area contributed by atoms with Crippen LogP contribution in [0.15, 0.2) is 47.0 Å². The van der Waals surface area contributed by atoms with Crippen LogP contribution in [0.3, 0.4) is 0 Å². The molecule has 8 nitrogen and oxygen atoms in total. The number of benzene rings is 2. The quantitative estimate of drug-likeness (QED) is 0.496. The molecule has 3 aromatic rings. The minimum Gasteiger partial charge on any atom is -0.491 e. The Morgan fingerprint density at radius 3 is 2.50 bits per heavy atom. The lowest BCUT2D eigenvalue weighted by molar-refractivity contribution is 0.0595. The second-order valence-electron chi connectivity index (χ2n) is 7.55. The molecule has 0 aliphatic rings. The second kappa shape index (κ2) is 9.39. The summed E-state index contributed by atoms with van der Waals surface area (Å²) in [6.45, 7) is 4.38. The number of esters is 1. The van der Waals surface area contributed by atoms with Crippen LogP contribution in [0, 0.1) is 11.7 Å². The predicted molar refractivity (Wildman–Crippen MR) is 117 cm³/mol. The summed E-state index contributed by atoms with van der Waals surface area (Å²) in [5.41, 5.74) is 1.36. The fourth-order valence-electron chi connectivity index (χ4n) is 2.84. The Balaban J connectivity index is 1.93. The topological polar surface area (TPSA) is 108 Å². The molecule has 170 valence electrons. The SMILES string of the molecule is COC(=O)c1ccc(-c2cc(-c3ccc(OCC(C)C)c(NS(C)(=O)=O)c3)on2)cc1F. The Hall–Kier alpha value is -3.40. The van der Waals surface area contributed by atoms with Gasteiger partial charge in [0.25, 0.3) is 0 Å². The number of methoxy groups -OCH3 is 1. The van der Waals surface area contributed by atoms with Gasteiger partial charge < -0.3 is 14.0 Å². The van der Waals surface area contributed by atoms with Crippen LogP contribution in [0.2, 0.25) is 0 Å². The monoisotopic (exact) mass is 462 g/mol. The molecule has 10 heteroatoms. The molecule has 0 saturated heterocycles. The van der Waals surface area contributed by atoms with Gasteiger partial charge in [-0.15, -0.1) is 0 Å². The number of halogens is 1. The molecule has 0 aliphatic heterocycles. The van der Waals surface area contributed by atoms with E-state index in [1.807, 2.05) is 13.8 Å². The molecule has 0 fully saturated rings. The lowest BCUT2D eigenvalue weighted by Crippen LogP contribution is -2.12. The van der Waals surface area contributed by atoms with Crippen molar-refractivity contribution in [3.63, 3.8) is 0 Å². The fourth-order valence-corrected chi connectivity index (χ4v) is 3.40. The smallest absolute Gasteiger partial charge is 0.340 e. The number of carbonyl (C=O) groups excluding carboxylic acids is 1. The third kappa shape index (κ3) is 5.64. The van der Waals surface area contributed by atoms with Crippen LogP contribution in [-0.2, 0) is 14.8 Å². The number of hydrogen-bond donors (Lipinski definition) is 1. The second-order valence-corrected chi connectivity index (χ2v) is 9.30. The zero-order valence-corrected chi connectivity index (χ0v) is 18.8. The third-order valence-electron chi connectivity index (χ3n) is 4.31. The maximum Gasteiger partial charge on any atom is 0.340 e. The molecule has 0 spiro atoms. The van der Waals surface area contributed by atoms with Crippen molar-refractivity contribution in [2.75, 3.05) is 24.7 Å². The van der Waals surface area contributed by atoms with Crippen LogP contribution in [-0.4, -0.2) is 39.5 Å². The van der Waals surface area contributed by atoms with Crippen molar-refractivity contribution < 1.29 is 31.6 Å². The summed E-state index contributed by atoms with van der Waals surface area (Å²) < 4.78 is 55.9. The van der Waals surface area contributed by atoms with Crippen molar-refractivity contribution >= 4 is 21.7 Å². The van der Waals surface area contributed by atoms with Crippen LogP contribution in [0.25, 0.3) is 22.6 Å². The molecule has 0 bridgehead atoms.